The maximum absolute atomic E-state index is 13.5. The first-order valence-corrected chi connectivity index (χ1v) is 7.33. The number of β-amino-alcohol motifs (C(OH)–C–C–N with tert-alkyl or cyclic N) is 1. The predicted octanol–water partition coefficient (Wildman–Crippen LogP) is 2.54. The van der Waals surface area contributed by atoms with Gasteiger partial charge in [0.1, 0.15) is 5.82 Å². The molecule has 2 aromatic rings. The Morgan fingerprint density at radius 1 is 1.36 bits per heavy atom. The number of benzene rings is 1. The molecule has 1 aliphatic heterocycles. The monoisotopic (exact) mass is 302 g/mol. The second-order valence-electron chi connectivity index (χ2n) is 5.56. The van der Waals surface area contributed by atoms with Crippen molar-refractivity contribution in [2.75, 3.05) is 13.7 Å². The highest BCUT2D eigenvalue weighted by Gasteiger charge is 2.32. The minimum atomic E-state index is -0.407. The van der Waals surface area contributed by atoms with Crippen LogP contribution in [0.3, 0.4) is 0 Å². The summed E-state index contributed by atoms with van der Waals surface area (Å²) in [4.78, 5) is 6.34. The molecule has 0 bridgehead atoms. The average Bonchev–Trinajstić information content (AvgIpc) is 2.88. The first kappa shape index (κ1) is 14.9. The maximum atomic E-state index is 13.5. The average molecular weight is 302 g/mol. The van der Waals surface area contributed by atoms with Gasteiger partial charge in [-0.2, -0.15) is 0 Å². The van der Waals surface area contributed by atoms with Gasteiger partial charge in [-0.1, -0.05) is 18.2 Å². The quantitative estimate of drug-likeness (QED) is 0.943. The Bertz CT molecular complexity index is 650. The molecule has 5 heteroatoms. The molecule has 0 aliphatic carbocycles. The summed E-state index contributed by atoms with van der Waals surface area (Å²) in [5, 5.41) is 10.0. The number of hydrogen-bond donors (Lipinski definition) is 1. The SMILES string of the molecule is COc1ncccc1CN1C[C@@H](O)C[C@H]1c1cccc(F)c1. The number of rotatable bonds is 4. The second-order valence-corrected chi connectivity index (χ2v) is 5.56. The lowest BCUT2D eigenvalue weighted by Crippen LogP contribution is -2.24. The van der Waals surface area contributed by atoms with Gasteiger partial charge < -0.3 is 9.84 Å². The topological polar surface area (TPSA) is 45.6 Å². The van der Waals surface area contributed by atoms with E-state index in [1.165, 1.54) is 12.1 Å². The van der Waals surface area contributed by atoms with Crippen molar-refractivity contribution < 1.29 is 14.2 Å². The Balaban J connectivity index is 1.85. The number of aliphatic hydroxyl groups excluding tert-OH is 1. The van der Waals surface area contributed by atoms with Crippen LogP contribution in [0, 0.1) is 5.82 Å². The molecule has 0 radical (unpaired) electrons. The number of ether oxygens (including phenoxy) is 1. The van der Waals surface area contributed by atoms with Crippen molar-refractivity contribution in [1.82, 2.24) is 9.88 Å². The van der Waals surface area contributed by atoms with Crippen LogP contribution in [-0.2, 0) is 6.54 Å². The van der Waals surface area contributed by atoms with Gasteiger partial charge in [-0.25, -0.2) is 9.37 Å². The molecule has 2 atom stereocenters. The van der Waals surface area contributed by atoms with Crippen LogP contribution >= 0.6 is 0 Å². The number of halogens is 1. The Morgan fingerprint density at radius 2 is 2.23 bits per heavy atom. The molecule has 22 heavy (non-hydrogen) atoms. The van der Waals surface area contributed by atoms with E-state index in [1.54, 1.807) is 19.4 Å². The van der Waals surface area contributed by atoms with Crippen LogP contribution in [0.1, 0.15) is 23.6 Å². The van der Waals surface area contributed by atoms with Crippen molar-refractivity contribution in [3.63, 3.8) is 0 Å². The highest BCUT2D eigenvalue weighted by molar-refractivity contribution is 5.27. The van der Waals surface area contributed by atoms with E-state index in [9.17, 15) is 9.50 Å². The van der Waals surface area contributed by atoms with Gasteiger partial charge in [0, 0.05) is 30.9 Å². The third-order valence-electron chi connectivity index (χ3n) is 4.03. The normalized spacial score (nSPS) is 22.0. The molecule has 1 aromatic heterocycles. The molecule has 0 spiro atoms. The van der Waals surface area contributed by atoms with E-state index in [1.807, 2.05) is 18.2 Å². The molecule has 1 aliphatic rings. The van der Waals surface area contributed by atoms with Crippen molar-refractivity contribution >= 4 is 0 Å². The van der Waals surface area contributed by atoms with E-state index in [-0.39, 0.29) is 11.9 Å². The number of aliphatic hydroxyl groups is 1. The van der Waals surface area contributed by atoms with E-state index in [4.69, 9.17) is 4.74 Å². The Kier molecular flexibility index (Phi) is 4.36. The molecular formula is C17H19FN2O2. The van der Waals surface area contributed by atoms with Crippen LogP contribution in [0.2, 0.25) is 0 Å². The lowest BCUT2D eigenvalue weighted by Gasteiger charge is -2.25. The van der Waals surface area contributed by atoms with Crippen molar-refractivity contribution in [1.29, 1.82) is 0 Å². The zero-order valence-electron chi connectivity index (χ0n) is 12.4. The summed E-state index contributed by atoms with van der Waals surface area (Å²) in [6.07, 6.45) is 1.88. The number of hydrogen-bond acceptors (Lipinski definition) is 4. The maximum Gasteiger partial charge on any atom is 0.217 e. The fraction of sp³-hybridized carbons (Fsp3) is 0.353. The third kappa shape index (κ3) is 3.10. The van der Waals surface area contributed by atoms with Gasteiger partial charge in [0.15, 0.2) is 0 Å². The molecule has 1 aromatic carbocycles. The molecule has 1 fully saturated rings. The van der Waals surface area contributed by atoms with Crippen LogP contribution in [0.4, 0.5) is 4.39 Å². The fourth-order valence-corrected chi connectivity index (χ4v) is 3.06. The zero-order chi connectivity index (χ0) is 15.5. The summed E-state index contributed by atoms with van der Waals surface area (Å²) >= 11 is 0. The van der Waals surface area contributed by atoms with Crippen molar-refractivity contribution in [3.8, 4) is 5.88 Å². The molecule has 4 nitrogen and oxygen atoms in total. The number of aromatic nitrogens is 1. The first-order valence-electron chi connectivity index (χ1n) is 7.33. The molecular weight excluding hydrogens is 283 g/mol. The summed E-state index contributed by atoms with van der Waals surface area (Å²) in [5.41, 5.74) is 1.85. The summed E-state index contributed by atoms with van der Waals surface area (Å²) in [7, 11) is 1.59. The van der Waals surface area contributed by atoms with Crippen LogP contribution < -0.4 is 4.74 Å². The van der Waals surface area contributed by atoms with E-state index < -0.39 is 6.10 Å². The zero-order valence-corrected chi connectivity index (χ0v) is 12.4. The molecule has 1 saturated heterocycles. The van der Waals surface area contributed by atoms with Crippen LogP contribution in [0.25, 0.3) is 0 Å². The standard InChI is InChI=1S/C17H19FN2O2/c1-22-17-13(5-3-7-19-17)10-20-11-15(21)9-16(20)12-4-2-6-14(18)8-12/h2-8,15-16,21H,9-11H2,1H3/t15-,16-/m0/s1. The minimum Gasteiger partial charge on any atom is -0.481 e. The number of likely N-dealkylation sites (tertiary alicyclic amines) is 1. The molecule has 0 saturated carbocycles. The smallest absolute Gasteiger partial charge is 0.217 e. The molecule has 116 valence electrons. The molecule has 2 heterocycles. The predicted molar refractivity (Wildman–Crippen MR) is 81.0 cm³/mol. The largest absolute Gasteiger partial charge is 0.481 e. The highest BCUT2D eigenvalue weighted by atomic mass is 19.1. The van der Waals surface area contributed by atoms with Crippen LogP contribution in [-0.4, -0.2) is 34.7 Å². The van der Waals surface area contributed by atoms with E-state index in [0.717, 1.165) is 11.1 Å². The van der Waals surface area contributed by atoms with Crippen molar-refractivity contribution in [2.45, 2.75) is 25.1 Å². The van der Waals surface area contributed by atoms with Crippen molar-refractivity contribution in [3.05, 3.63) is 59.5 Å². The highest BCUT2D eigenvalue weighted by Crippen LogP contribution is 2.34. The Morgan fingerprint density at radius 3 is 3.00 bits per heavy atom. The summed E-state index contributed by atoms with van der Waals surface area (Å²) in [5.74, 6) is 0.333. The number of pyridine rings is 1. The number of nitrogens with zero attached hydrogens (tertiary/aromatic N) is 2. The molecule has 3 rings (SSSR count). The van der Waals surface area contributed by atoms with Gasteiger partial charge in [0.25, 0.3) is 0 Å². The lowest BCUT2D eigenvalue weighted by atomic mass is 10.0. The van der Waals surface area contributed by atoms with Gasteiger partial charge in [-0.05, 0) is 30.2 Å². The Labute approximate surface area is 129 Å². The summed E-state index contributed by atoms with van der Waals surface area (Å²) in [6.45, 7) is 1.16. The van der Waals surface area contributed by atoms with Crippen LogP contribution in [0.15, 0.2) is 42.6 Å². The van der Waals surface area contributed by atoms with Gasteiger partial charge >= 0.3 is 0 Å². The van der Waals surface area contributed by atoms with Gasteiger partial charge in [-0.15, -0.1) is 0 Å². The molecule has 1 N–H and O–H groups in total. The van der Waals surface area contributed by atoms with Gasteiger partial charge in [0.2, 0.25) is 5.88 Å². The molecule has 0 amide bonds. The Hall–Kier alpha value is -1.98. The number of methoxy groups -OCH3 is 1. The summed E-state index contributed by atoms with van der Waals surface area (Å²) in [6, 6.07) is 10.4. The van der Waals surface area contributed by atoms with Gasteiger partial charge in [0.05, 0.1) is 13.2 Å². The van der Waals surface area contributed by atoms with E-state index in [2.05, 4.69) is 9.88 Å². The van der Waals surface area contributed by atoms with E-state index >= 15 is 0 Å². The van der Waals surface area contributed by atoms with Gasteiger partial charge in [-0.3, -0.25) is 4.90 Å². The lowest BCUT2D eigenvalue weighted by molar-refractivity contribution is 0.172. The third-order valence-corrected chi connectivity index (χ3v) is 4.03. The second kappa shape index (κ2) is 6.42. The summed E-state index contributed by atoms with van der Waals surface area (Å²) < 4.78 is 18.8. The van der Waals surface area contributed by atoms with E-state index in [0.29, 0.717) is 25.4 Å². The van der Waals surface area contributed by atoms with Crippen LogP contribution in [0.5, 0.6) is 5.88 Å². The minimum absolute atomic E-state index is 0.00406. The fourth-order valence-electron chi connectivity index (χ4n) is 3.06. The first-order chi connectivity index (χ1) is 10.7. The van der Waals surface area contributed by atoms with Crippen molar-refractivity contribution in [2.24, 2.45) is 0 Å². The molecule has 0 unspecified atom stereocenters.